The van der Waals surface area contributed by atoms with Crippen LogP contribution in [-0.2, 0) is 10.0 Å². The van der Waals surface area contributed by atoms with E-state index in [4.69, 9.17) is 5.11 Å². The number of hydrogen-bond donors (Lipinski definition) is 1. The second kappa shape index (κ2) is 6.26. The van der Waals surface area contributed by atoms with E-state index in [1.54, 1.807) is 6.92 Å². The zero-order valence-electron chi connectivity index (χ0n) is 10.6. The van der Waals surface area contributed by atoms with Gasteiger partial charge in [0.15, 0.2) is 0 Å². The molecule has 0 atom stereocenters. The standard InChI is InChI=1S/C12H18FNO3S/c1-3-4-14(5-6-15)18(16,17)12-8-10(2)7-11(13)9-12/h7-9,15H,3-6H2,1-2H3. The normalized spacial score (nSPS) is 12.1. The highest BCUT2D eigenvalue weighted by Crippen LogP contribution is 2.18. The van der Waals surface area contributed by atoms with Gasteiger partial charge in [0.1, 0.15) is 5.82 Å². The maximum absolute atomic E-state index is 13.3. The molecule has 0 saturated heterocycles. The third kappa shape index (κ3) is 3.51. The fourth-order valence-corrected chi connectivity index (χ4v) is 3.35. The average Bonchev–Trinajstić information content (AvgIpc) is 2.27. The summed E-state index contributed by atoms with van der Waals surface area (Å²) in [6.45, 7) is 3.55. The Morgan fingerprint density at radius 1 is 1.28 bits per heavy atom. The van der Waals surface area contributed by atoms with Gasteiger partial charge >= 0.3 is 0 Å². The Bertz CT molecular complexity index is 476. The molecular formula is C12H18FNO3S. The molecule has 18 heavy (non-hydrogen) atoms. The number of sulfonamides is 1. The van der Waals surface area contributed by atoms with Crippen LogP contribution < -0.4 is 0 Å². The molecule has 0 aromatic heterocycles. The Labute approximate surface area is 107 Å². The van der Waals surface area contributed by atoms with Crippen molar-refractivity contribution in [3.8, 4) is 0 Å². The number of aliphatic hydroxyl groups is 1. The van der Waals surface area contributed by atoms with Gasteiger partial charge in [-0.3, -0.25) is 0 Å². The maximum Gasteiger partial charge on any atom is 0.243 e. The van der Waals surface area contributed by atoms with E-state index in [0.29, 0.717) is 18.5 Å². The quantitative estimate of drug-likeness (QED) is 0.856. The largest absolute Gasteiger partial charge is 0.395 e. The Balaban J connectivity index is 3.17. The second-order valence-corrected chi connectivity index (χ2v) is 6.03. The highest BCUT2D eigenvalue weighted by Gasteiger charge is 2.23. The van der Waals surface area contributed by atoms with Gasteiger partial charge in [-0.2, -0.15) is 4.31 Å². The lowest BCUT2D eigenvalue weighted by molar-refractivity contribution is 0.253. The molecule has 0 aliphatic carbocycles. The lowest BCUT2D eigenvalue weighted by atomic mass is 10.2. The molecule has 0 radical (unpaired) electrons. The van der Waals surface area contributed by atoms with Gasteiger partial charge < -0.3 is 5.11 Å². The van der Waals surface area contributed by atoms with Crippen LogP contribution >= 0.6 is 0 Å². The van der Waals surface area contributed by atoms with Gasteiger partial charge in [-0.15, -0.1) is 0 Å². The summed E-state index contributed by atoms with van der Waals surface area (Å²) in [4.78, 5) is -0.0677. The molecule has 0 saturated carbocycles. The van der Waals surface area contributed by atoms with Crippen LogP contribution in [0, 0.1) is 12.7 Å². The van der Waals surface area contributed by atoms with Crippen LogP contribution in [0.15, 0.2) is 23.1 Å². The van der Waals surface area contributed by atoms with Crippen molar-refractivity contribution in [2.24, 2.45) is 0 Å². The van der Waals surface area contributed by atoms with Gasteiger partial charge in [0.25, 0.3) is 0 Å². The van der Waals surface area contributed by atoms with E-state index in [-0.39, 0.29) is 18.0 Å². The van der Waals surface area contributed by atoms with Crippen LogP contribution in [0.5, 0.6) is 0 Å². The van der Waals surface area contributed by atoms with Crippen molar-refractivity contribution in [1.29, 1.82) is 0 Å². The first-order chi connectivity index (χ1) is 8.41. The fourth-order valence-electron chi connectivity index (χ4n) is 1.71. The minimum atomic E-state index is -3.74. The van der Waals surface area contributed by atoms with Crippen molar-refractivity contribution < 1.29 is 17.9 Å². The molecule has 0 unspecified atom stereocenters. The van der Waals surface area contributed by atoms with Crippen molar-refractivity contribution >= 4 is 10.0 Å². The summed E-state index contributed by atoms with van der Waals surface area (Å²) in [7, 11) is -3.74. The highest BCUT2D eigenvalue weighted by atomic mass is 32.2. The zero-order valence-corrected chi connectivity index (χ0v) is 11.4. The molecule has 1 N–H and O–H groups in total. The van der Waals surface area contributed by atoms with Crippen LogP contribution in [0.25, 0.3) is 0 Å². The predicted molar refractivity (Wildman–Crippen MR) is 67.3 cm³/mol. The predicted octanol–water partition coefficient (Wildman–Crippen LogP) is 1.53. The number of benzene rings is 1. The van der Waals surface area contributed by atoms with E-state index >= 15 is 0 Å². The molecule has 6 heteroatoms. The first-order valence-electron chi connectivity index (χ1n) is 5.80. The zero-order chi connectivity index (χ0) is 13.8. The number of aryl methyl sites for hydroxylation is 1. The highest BCUT2D eigenvalue weighted by molar-refractivity contribution is 7.89. The summed E-state index contributed by atoms with van der Waals surface area (Å²) in [5.41, 5.74) is 0.550. The van der Waals surface area contributed by atoms with Crippen molar-refractivity contribution in [2.45, 2.75) is 25.2 Å². The lowest BCUT2D eigenvalue weighted by Crippen LogP contribution is -2.34. The molecule has 102 valence electrons. The Morgan fingerprint density at radius 2 is 1.94 bits per heavy atom. The van der Waals surface area contributed by atoms with E-state index < -0.39 is 15.8 Å². The van der Waals surface area contributed by atoms with Crippen molar-refractivity contribution in [1.82, 2.24) is 4.31 Å². The summed E-state index contributed by atoms with van der Waals surface area (Å²) in [6.07, 6.45) is 0.632. The fraction of sp³-hybridized carbons (Fsp3) is 0.500. The first-order valence-corrected chi connectivity index (χ1v) is 7.24. The van der Waals surface area contributed by atoms with Gasteiger partial charge in [-0.25, -0.2) is 12.8 Å². The van der Waals surface area contributed by atoms with Crippen LogP contribution in [0.4, 0.5) is 4.39 Å². The smallest absolute Gasteiger partial charge is 0.243 e. The first kappa shape index (κ1) is 15.1. The van der Waals surface area contributed by atoms with Gasteiger partial charge in [0.05, 0.1) is 11.5 Å². The van der Waals surface area contributed by atoms with Crippen molar-refractivity contribution in [3.05, 3.63) is 29.6 Å². The maximum atomic E-state index is 13.3. The molecule has 0 aliphatic heterocycles. The molecule has 0 fully saturated rings. The molecule has 4 nitrogen and oxygen atoms in total. The van der Waals surface area contributed by atoms with E-state index in [2.05, 4.69) is 0 Å². The van der Waals surface area contributed by atoms with Gasteiger partial charge in [-0.05, 0) is 37.1 Å². The summed E-state index contributed by atoms with van der Waals surface area (Å²) in [5.74, 6) is -0.575. The lowest BCUT2D eigenvalue weighted by Gasteiger charge is -2.20. The monoisotopic (exact) mass is 275 g/mol. The molecule has 1 aromatic rings. The van der Waals surface area contributed by atoms with Gasteiger partial charge in [0, 0.05) is 13.1 Å². The number of nitrogens with zero attached hydrogens (tertiary/aromatic N) is 1. The average molecular weight is 275 g/mol. The molecule has 0 heterocycles. The summed E-state index contributed by atoms with van der Waals surface area (Å²) in [6, 6.07) is 3.70. The molecule has 1 aromatic carbocycles. The molecular weight excluding hydrogens is 257 g/mol. The van der Waals surface area contributed by atoms with Crippen molar-refractivity contribution in [3.63, 3.8) is 0 Å². The van der Waals surface area contributed by atoms with Crippen LogP contribution in [0.1, 0.15) is 18.9 Å². The topological polar surface area (TPSA) is 57.6 Å². The van der Waals surface area contributed by atoms with E-state index in [9.17, 15) is 12.8 Å². The summed E-state index contributed by atoms with van der Waals surface area (Å²) >= 11 is 0. The van der Waals surface area contributed by atoms with Gasteiger partial charge in [-0.1, -0.05) is 6.92 Å². The Hall–Kier alpha value is -0.980. The van der Waals surface area contributed by atoms with E-state index in [1.165, 1.54) is 16.4 Å². The third-order valence-corrected chi connectivity index (χ3v) is 4.35. The number of halogens is 1. The summed E-state index contributed by atoms with van der Waals surface area (Å²) < 4.78 is 39.0. The molecule has 0 amide bonds. The minimum absolute atomic E-state index is 0.0196. The third-order valence-electron chi connectivity index (χ3n) is 2.48. The van der Waals surface area contributed by atoms with E-state index in [1.807, 2.05) is 6.92 Å². The second-order valence-electron chi connectivity index (χ2n) is 4.09. The van der Waals surface area contributed by atoms with Crippen LogP contribution in [0.3, 0.4) is 0 Å². The van der Waals surface area contributed by atoms with Crippen LogP contribution in [0.2, 0.25) is 0 Å². The molecule has 0 aliphatic rings. The minimum Gasteiger partial charge on any atom is -0.395 e. The molecule has 0 bridgehead atoms. The summed E-state index contributed by atoms with van der Waals surface area (Å²) in [5, 5.41) is 8.90. The molecule has 0 spiro atoms. The van der Waals surface area contributed by atoms with Gasteiger partial charge in [0.2, 0.25) is 10.0 Å². The van der Waals surface area contributed by atoms with Crippen molar-refractivity contribution in [2.75, 3.05) is 19.7 Å². The molecule has 1 rings (SSSR count). The Morgan fingerprint density at radius 3 is 2.44 bits per heavy atom. The number of rotatable bonds is 6. The SMILES string of the molecule is CCCN(CCO)S(=O)(=O)c1cc(C)cc(F)c1. The number of aliphatic hydroxyl groups excluding tert-OH is 1. The van der Waals surface area contributed by atoms with E-state index in [0.717, 1.165) is 6.07 Å². The van der Waals surface area contributed by atoms with Crippen LogP contribution in [-0.4, -0.2) is 37.5 Å². The number of hydrogen-bond acceptors (Lipinski definition) is 3. The Kier molecular flexibility index (Phi) is 5.25.